The molecule has 0 radical (unpaired) electrons. The highest BCUT2D eigenvalue weighted by atomic mass is 31.2. The van der Waals surface area contributed by atoms with Gasteiger partial charge in [0.1, 0.15) is 17.9 Å². The second-order valence-electron chi connectivity index (χ2n) is 9.39. The molecule has 0 aliphatic carbocycles. The van der Waals surface area contributed by atoms with Crippen molar-refractivity contribution in [2.45, 2.75) is 39.8 Å². The average Bonchev–Trinajstić information content (AvgIpc) is 3.42. The molecule has 1 unspecified atom stereocenters. The normalized spacial score (nSPS) is 13.1. The van der Waals surface area contributed by atoms with E-state index in [-0.39, 0.29) is 5.82 Å². The van der Waals surface area contributed by atoms with Crippen LogP contribution in [0.4, 0.5) is 5.82 Å². The van der Waals surface area contributed by atoms with Crippen LogP contribution >= 0.6 is 7.82 Å². The first-order valence-electron chi connectivity index (χ1n) is 13.0. The van der Waals surface area contributed by atoms with Crippen LogP contribution in [-0.2, 0) is 28.7 Å². The summed E-state index contributed by atoms with van der Waals surface area (Å²) in [5.41, 5.74) is 10.6. The number of allylic oxidation sites excluding steroid dienone is 1. The lowest BCUT2D eigenvalue weighted by Crippen LogP contribution is -2.38. The second-order valence-corrected chi connectivity index (χ2v) is 10.6. The molecule has 216 valence electrons. The molecule has 0 saturated heterocycles. The maximum atomic E-state index is 10.9. The number of benzene rings is 1. The summed E-state index contributed by atoms with van der Waals surface area (Å²) in [5.74, 6) is 2.00. The molecule has 1 aromatic carbocycles. The molecule has 3 N–H and O–H groups in total. The summed E-state index contributed by atoms with van der Waals surface area (Å²) in [6, 6.07) is 17.0. The van der Waals surface area contributed by atoms with Crippen LogP contribution in [0.25, 0.3) is 11.3 Å². The molecule has 0 fully saturated rings. The Labute approximate surface area is 238 Å². The van der Waals surface area contributed by atoms with Gasteiger partial charge < -0.3 is 23.8 Å². The molecule has 4 aromatic rings. The lowest BCUT2D eigenvalue weighted by atomic mass is 10.1. The predicted molar refractivity (Wildman–Crippen MR) is 150 cm³/mol. The molecule has 0 spiro atoms. The fraction of sp³-hybridized carbons (Fsp3) is 0.276. The van der Waals surface area contributed by atoms with Crippen molar-refractivity contribution in [1.29, 1.82) is 0 Å². The second kappa shape index (κ2) is 14.0. The summed E-state index contributed by atoms with van der Waals surface area (Å²) in [7, 11) is -4.89. The maximum Gasteiger partial charge on any atom is 0.285 e. The molecule has 41 heavy (non-hydrogen) atoms. The Hall–Kier alpha value is -4.02. The van der Waals surface area contributed by atoms with Crippen molar-refractivity contribution in [3.05, 3.63) is 95.5 Å². The highest BCUT2D eigenvalue weighted by Crippen LogP contribution is 2.30. The van der Waals surface area contributed by atoms with Gasteiger partial charge in [0.2, 0.25) is 5.88 Å². The predicted octanol–water partition coefficient (Wildman–Crippen LogP) is 3.99. The zero-order chi connectivity index (χ0) is 29.2. The molecule has 0 aliphatic rings. The molecule has 4 rings (SSSR count). The topological polar surface area (TPSA) is 157 Å². The van der Waals surface area contributed by atoms with Crippen LogP contribution < -0.4 is 24.7 Å². The van der Waals surface area contributed by atoms with Crippen LogP contribution in [0.5, 0.6) is 11.6 Å². The standard InChI is InChI=1S/C29H33N4O7P/c1-3-21(2)19-38-25-11-8-22(9-12-25)6-5-15-37-28-13-10-23(18-31-28)16-24-17-27(40-32-24)26-7-4-14-33(29(26)30)20-39-41(34,35)36/h3-4,7-14,17-18,30H,5-6,15-16,19-20H2,1-2H3,(H2,34,35,36)/b21-3+. The first kappa shape index (κ1) is 30.0. The molecule has 0 aliphatic heterocycles. The molecule has 11 nitrogen and oxygen atoms in total. The summed E-state index contributed by atoms with van der Waals surface area (Å²) in [6.07, 6.45) is 7.51. The van der Waals surface area contributed by atoms with Crippen molar-refractivity contribution in [3.8, 4) is 23.0 Å². The van der Waals surface area contributed by atoms with Gasteiger partial charge in [0.05, 0.1) is 18.5 Å². The molecule has 12 heteroatoms. The Bertz CT molecular complexity index is 1500. The van der Waals surface area contributed by atoms with Gasteiger partial charge >= 0.3 is 0 Å². The van der Waals surface area contributed by atoms with Crippen molar-refractivity contribution in [2.24, 2.45) is 0 Å². The van der Waals surface area contributed by atoms with Gasteiger partial charge in [0.25, 0.3) is 13.6 Å². The summed E-state index contributed by atoms with van der Waals surface area (Å²) in [6.45, 7) is 4.71. The SMILES string of the molecule is C/C=C(\C)COc1ccc(CCCOc2ccc(Cc3cc(-c4ccc[n+](COP(=O)([O-])O)c4N)on3)cn2)cc1. The van der Waals surface area contributed by atoms with E-state index in [0.29, 0.717) is 42.5 Å². The average molecular weight is 581 g/mol. The van der Waals surface area contributed by atoms with Gasteiger partial charge in [-0.15, -0.1) is 0 Å². The number of nitrogens with two attached hydrogens (primary N) is 1. The monoisotopic (exact) mass is 580 g/mol. The van der Waals surface area contributed by atoms with Gasteiger partial charge in [-0.1, -0.05) is 29.4 Å². The lowest BCUT2D eigenvalue weighted by molar-refractivity contribution is -0.712. The number of nitrogen functional groups attached to an aromatic ring is 1. The van der Waals surface area contributed by atoms with E-state index < -0.39 is 14.6 Å². The third-order valence-corrected chi connectivity index (χ3v) is 6.67. The third-order valence-electron chi connectivity index (χ3n) is 6.22. The Morgan fingerprint density at radius 2 is 1.95 bits per heavy atom. The van der Waals surface area contributed by atoms with E-state index >= 15 is 0 Å². The van der Waals surface area contributed by atoms with Gasteiger partial charge in [-0.25, -0.2) is 9.55 Å². The van der Waals surface area contributed by atoms with E-state index in [2.05, 4.69) is 26.8 Å². The number of rotatable bonds is 14. The minimum absolute atomic E-state index is 0.188. The number of hydrogen-bond donors (Lipinski definition) is 2. The van der Waals surface area contributed by atoms with Gasteiger partial charge in [0, 0.05) is 24.8 Å². The quantitative estimate of drug-likeness (QED) is 0.0967. The number of pyridine rings is 2. The molecular weight excluding hydrogens is 547 g/mol. The molecular formula is C29H33N4O7P. The molecule has 1 atom stereocenters. The molecule has 0 saturated carbocycles. The van der Waals surface area contributed by atoms with E-state index in [1.54, 1.807) is 24.4 Å². The number of ether oxygens (including phenoxy) is 2. The summed E-state index contributed by atoms with van der Waals surface area (Å²) >= 11 is 0. The number of hydrogen-bond acceptors (Lipinski definition) is 9. The van der Waals surface area contributed by atoms with E-state index in [1.807, 2.05) is 44.2 Å². The molecule has 3 aromatic heterocycles. The fourth-order valence-corrected chi connectivity index (χ4v) is 4.11. The molecule has 3 heterocycles. The van der Waals surface area contributed by atoms with E-state index in [4.69, 9.17) is 24.6 Å². The Morgan fingerprint density at radius 3 is 2.66 bits per heavy atom. The van der Waals surface area contributed by atoms with Crippen LogP contribution in [0.15, 0.2) is 83.2 Å². The third kappa shape index (κ3) is 9.26. The summed E-state index contributed by atoms with van der Waals surface area (Å²) in [5, 5.41) is 4.11. The molecule has 0 bridgehead atoms. The van der Waals surface area contributed by atoms with Gasteiger partial charge in [0.15, 0.2) is 12.5 Å². The molecule has 0 amide bonds. The van der Waals surface area contributed by atoms with Crippen molar-refractivity contribution in [1.82, 2.24) is 10.1 Å². The number of aromatic nitrogens is 3. The van der Waals surface area contributed by atoms with Crippen molar-refractivity contribution in [2.75, 3.05) is 18.9 Å². The maximum absolute atomic E-state index is 10.9. The smallest absolute Gasteiger partial charge is 0.285 e. The number of phosphoric acid groups is 1. The van der Waals surface area contributed by atoms with Gasteiger partial charge in [-0.05, 0) is 67.7 Å². The largest absolute Gasteiger partial charge is 0.756 e. The van der Waals surface area contributed by atoms with E-state index in [9.17, 15) is 9.46 Å². The van der Waals surface area contributed by atoms with E-state index in [1.165, 1.54) is 21.9 Å². The van der Waals surface area contributed by atoms with Crippen LogP contribution in [0.3, 0.4) is 0 Å². The van der Waals surface area contributed by atoms with Crippen LogP contribution in [0, 0.1) is 0 Å². The van der Waals surface area contributed by atoms with Crippen molar-refractivity contribution in [3.63, 3.8) is 0 Å². The zero-order valence-electron chi connectivity index (χ0n) is 22.9. The Morgan fingerprint density at radius 1 is 1.17 bits per heavy atom. The van der Waals surface area contributed by atoms with Crippen LogP contribution in [0.1, 0.15) is 37.1 Å². The van der Waals surface area contributed by atoms with Crippen LogP contribution in [0.2, 0.25) is 0 Å². The fourth-order valence-electron chi connectivity index (χ4n) is 3.84. The first-order valence-corrected chi connectivity index (χ1v) is 14.5. The first-order chi connectivity index (χ1) is 19.7. The van der Waals surface area contributed by atoms with Crippen molar-refractivity contribution < 1.29 is 37.4 Å². The number of anilines is 1. The number of nitrogens with zero attached hydrogens (tertiary/aromatic N) is 3. The summed E-state index contributed by atoms with van der Waals surface area (Å²) in [4.78, 5) is 24.1. The highest BCUT2D eigenvalue weighted by Gasteiger charge is 2.18. The van der Waals surface area contributed by atoms with E-state index in [0.717, 1.165) is 24.2 Å². The van der Waals surface area contributed by atoms with Crippen molar-refractivity contribution >= 4 is 13.6 Å². The lowest BCUT2D eigenvalue weighted by Gasteiger charge is -2.14. The van der Waals surface area contributed by atoms with Crippen LogP contribution in [-0.4, -0.2) is 28.2 Å². The minimum atomic E-state index is -4.89. The van der Waals surface area contributed by atoms with Gasteiger partial charge in [-0.3, -0.25) is 14.8 Å². The number of phosphoric ester groups is 1. The Kier molecular flexibility index (Phi) is 10.3. The Balaban J connectivity index is 1.24. The minimum Gasteiger partial charge on any atom is -0.756 e. The highest BCUT2D eigenvalue weighted by molar-refractivity contribution is 7.44. The zero-order valence-corrected chi connectivity index (χ0v) is 23.8. The summed E-state index contributed by atoms with van der Waals surface area (Å²) < 4.78 is 33.6. The van der Waals surface area contributed by atoms with Gasteiger partial charge in [-0.2, -0.15) is 0 Å². The number of aryl methyl sites for hydroxylation is 1.